The number of pyridine rings is 1. The van der Waals surface area contributed by atoms with Crippen LogP contribution in [0.5, 0.6) is 0 Å². The average molecular weight is 701 g/mol. The summed E-state index contributed by atoms with van der Waals surface area (Å²) in [6, 6.07) is 1.66. The van der Waals surface area contributed by atoms with Crippen LogP contribution in [-0.2, 0) is 25.5 Å². The second-order valence-corrected chi connectivity index (χ2v) is 15.2. The predicted octanol–water partition coefficient (Wildman–Crippen LogP) is 4.87. The van der Waals surface area contributed by atoms with Gasteiger partial charge in [-0.05, 0) is 76.7 Å². The highest BCUT2D eigenvalue weighted by Gasteiger charge is 3.02. The summed E-state index contributed by atoms with van der Waals surface area (Å²) in [6.45, 7) is 9.20. The molecule has 6 atom stereocenters. The molecule has 0 radical (unpaired) electrons. The molecule has 4 aliphatic rings. The highest BCUT2D eigenvalue weighted by Crippen LogP contribution is 3.00. The van der Waals surface area contributed by atoms with Crippen LogP contribution in [0.3, 0.4) is 0 Å². The summed E-state index contributed by atoms with van der Waals surface area (Å²) in [5.41, 5.74) is 0.0756. The van der Waals surface area contributed by atoms with Crippen molar-refractivity contribution >= 4 is 40.2 Å². The molecule has 3 heterocycles. The molecule has 3 amide bonds. The minimum absolute atomic E-state index is 0.171. The van der Waals surface area contributed by atoms with E-state index >= 15 is 0 Å². The molecule has 4 fully saturated rings. The largest absolute Gasteiger partial charge is 0.471 e. The average Bonchev–Trinajstić information content (AvgIpc) is 3.93. The number of nitrogens with one attached hydrogen (secondary N) is 2. The zero-order valence-electron chi connectivity index (χ0n) is 28.1. The third kappa shape index (κ3) is 5.63. The fourth-order valence-electron chi connectivity index (χ4n) is 8.55. The van der Waals surface area contributed by atoms with Gasteiger partial charge >= 0.3 is 12.1 Å². The lowest BCUT2D eigenvalue weighted by Gasteiger charge is -2.41. The van der Waals surface area contributed by atoms with E-state index in [-0.39, 0.29) is 17.4 Å². The first kappa shape index (κ1) is 35.0. The van der Waals surface area contributed by atoms with E-state index in [0.29, 0.717) is 50.0 Å². The van der Waals surface area contributed by atoms with Gasteiger partial charge in [0.1, 0.15) is 18.1 Å². The van der Waals surface area contributed by atoms with Crippen LogP contribution < -0.4 is 10.6 Å². The lowest BCUT2D eigenvalue weighted by Crippen LogP contribution is -2.63. The Labute approximate surface area is 288 Å². The zero-order valence-corrected chi connectivity index (χ0v) is 28.9. The van der Waals surface area contributed by atoms with E-state index in [1.54, 1.807) is 37.0 Å². The van der Waals surface area contributed by atoms with Crippen molar-refractivity contribution in [3.63, 3.8) is 0 Å². The molecule has 14 heteroatoms. The molecule has 49 heavy (non-hydrogen) atoms. The molecule has 0 spiro atoms. The number of amides is 3. The second kappa shape index (κ2) is 11.9. The Morgan fingerprint density at radius 1 is 1.18 bits per heavy atom. The number of hydrogen-bond acceptors (Lipinski definition) is 6. The number of aryl methyl sites for hydroxylation is 1. The fourth-order valence-corrected chi connectivity index (χ4v) is 8.78. The van der Waals surface area contributed by atoms with Gasteiger partial charge in [-0.25, -0.2) is 0 Å². The summed E-state index contributed by atoms with van der Waals surface area (Å²) in [5, 5.41) is 16.0. The topological polar surface area (TPSA) is 129 Å². The maximum absolute atomic E-state index is 14.1. The first-order valence-corrected chi connectivity index (χ1v) is 17.0. The number of aromatic nitrogens is 2. The summed E-state index contributed by atoms with van der Waals surface area (Å²) in [4.78, 5) is 45.7. The number of piperidine rings is 2. The number of ether oxygens (including phenoxy) is 1. The fraction of sp³-hybridized carbons (Fsp3) is 0.629. The third-order valence-corrected chi connectivity index (χ3v) is 11.9. The summed E-state index contributed by atoms with van der Waals surface area (Å²) in [5.74, 6) is -0.697. The minimum atomic E-state index is -5.21. The summed E-state index contributed by atoms with van der Waals surface area (Å²) in [6.07, 6.45) is 3.23. The molecule has 1 saturated heterocycles. The first-order valence-electron chi connectivity index (χ1n) is 16.6. The van der Waals surface area contributed by atoms with Crippen LogP contribution in [0, 0.1) is 39.5 Å². The molecule has 1 aliphatic heterocycles. The number of nitrogens with zero attached hydrogens (tertiary/aromatic N) is 4. The molecule has 2 aromatic rings. The van der Waals surface area contributed by atoms with Gasteiger partial charge in [-0.2, -0.15) is 18.4 Å². The Morgan fingerprint density at radius 2 is 1.90 bits per heavy atom. The number of carbonyl (C=O) groups is 3. The molecule has 3 saturated carbocycles. The van der Waals surface area contributed by atoms with Crippen LogP contribution >= 0.6 is 11.6 Å². The van der Waals surface area contributed by atoms with E-state index < -0.39 is 59.1 Å². The van der Waals surface area contributed by atoms with Crippen molar-refractivity contribution < 1.29 is 32.3 Å². The monoisotopic (exact) mass is 700 g/mol. The maximum atomic E-state index is 14.1. The van der Waals surface area contributed by atoms with E-state index in [9.17, 15) is 32.8 Å². The number of carbonyl (C=O) groups excluding carboxylic acids is 3. The van der Waals surface area contributed by atoms with Gasteiger partial charge in [0.25, 0.3) is 0 Å². The first-order chi connectivity index (χ1) is 23.0. The highest BCUT2D eigenvalue weighted by atomic mass is 35.5. The Kier molecular flexibility index (Phi) is 8.52. The number of likely N-dealkylation sites (tertiary alicyclic amines) is 1. The summed E-state index contributed by atoms with van der Waals surface area (Å²) in [7, 11) is 0. The number of unbranched alkanes of at least 4 members (excludes halogenated alkanes) is 1. The number of halogens is 4. The molecular weight excluding hydrogens is 661 g/mol. The van der Waals surface area contributed by atoms with Crippen molar-refractivity contribution in [2.24, 2.45) is 16.2 Å². The van der Waals surface area contributed by atoms with Crippen molar-refractivity contribution in [1.29, 1.82) is 5.26 Å². The van der Waals surface area contributed by atoms with Crippen LogP contribution in [0.4, 0.5) is 13.2 Å². The zero-order chi connectivity index (χ0) is 35.7. The third-order valence-electron chi connectivity index (χ3n) is 11.6. The standard InChI is InChI=1S/C35H40ClF3N6O4/c1-6-13-44-17-24(36)23-16-41-15-21(26(23)44)9-7-8-10-22(14-40)42-28(46)27-34-18-33(34,31(34,3)4)19-45(27)29(47)25(43-30(48)35(37,38)39)20(2)49-32(5)11-12-32/h15-17,20,22,25,27H,7-12,18-19H2,1-5H3,(H,42,46)(H,43,48)/t20-,22?,25+,27-,33-,34?/m1/s1. The van der Waals surface area contributed by atoms with Gasteiger partial charge in [-0.1, -0.05) is 31.4 Å². The van der Waals surface area contributed by atoms with E-state index in [1.807, 2.05) is 19.2 Å². The van der Waals surface area contributed by atoms with Crippen LogP contribution in [0.15, 0.2) is 18.6 Å². The van der Waals surface area contributed by atoms with E-state index in [4.69, 9.17) is 16.3 Å². The Balaban J connectivity index is 1.14. The van der Waals surface area contributed by atoms with Crippen molar-refractivity contribution in [3.05, 3.63) is 29.2 Å². The van der Waals surface area contributed by atoms with Crippen LogP contribution in [-0.4, -0.2) is 74.7 Å². The normalized spacial score (nSPS) is 27.0. The molecule has 2 unspecified atom stereocenters. The van der Waals surface area contributed by atoms with Gasteiger partial charge < -0.3 is 20.3 Å². The lowest BCUT2D eigenvalue weighted by molar-refractivity contribution is -0.177. The molecular formula is C35H40ClF3N6O4. The minimum Gasteiger partial charge on any atom is -0.370 e. The number of alkyl halides is 3. The van der Waals surface area contributed by atoms with E-state index in [2.05, 4.69) is 28.3 Å². The van der Waals surface area contributed by atoms with Crippen molar-refractivity contribution in [2.75, 3.05) is 6.54 Å². The second-order valence-electron chi connectivity index (χ2n) is 14.8. The van der Waals surface area contributed by atoms with Gasteiger partial charge in [0, 0.05) is 47.4 Å². The Morgan fingerprint density at radius 3 is 2.51 bits per heavy atom. The number of nitriles is 1. The smallest absolute Gasteiger partial charge is 0.370 e. The summed E-state index contributed by atoms with van der Waals surface area (Å²) < 4.78 is 47.7. The van der Waals surface area contributed by atoms with E-state index in [1.165, 1.54) is 11.8 Å². The Hall–Kier alpha value is -3.81. The highest BCUT2D eigenvalue weighted by molar-refractivity contribution is 6.35. The van der Waals surface area contributed by atoms with Crippen LogP contribution in [0.25, 0.3) is 10.9 Å². The molecule has 3 aliphatic carbocycles. The van der Waals surface area contributed by atoms with Crippen molar-refractivity contribution in [2.45, 2.75) is 116 Å². The van der Waals surface area contributed by atoms with Gasteiger partial charge in [-0.15, -0.1) is 0 Å². The Bertz CT molecular complexity index is 1820. The van der Waals surface area contributed by atoms with Gasteiger partial charge in [0.15, 0.2) is 0 Å². The maximum Gasteiger partial charge on any atom is 0.471 e. The number of hydrogen-bond donors (Lipinski definition) is 2. The van der Waals surface area contributed by atoms with Crippen LogP contribution in [0.2, 0.25) is 5.02 Å². The number of fused-ring (bicyclic) bond motifs is 1. The molecule has 262 valence electrons. The molecule has 2 N–H and O–H groups in total. The molecule has 6 rings (SSSR count). The SMILES string of the molecule is CC#Cn1cc(Cl)c2cncc(CCCCC(C#N)NC(=O)[C@H]3N(C(=O)[C@@H](NC(=O)C(F)(F)F)[C@@H](C)OC4(C)CC4)C[C@@]45CC34C5(C)C)c21. The molecule has 2 aromatic heterocycles. The summed E-state index contributed by atoms with van der Waals surface area (Å²) >= 11 is 6.38. The molecule has 0 bridgehead atoms. The van der Waals surface area contributed by atoms with Crippen molar-refractivity contribution in [1.82, 2.24) is 25.1 Å². The van der Waals surface area contributed by atoms with Crippen molar-refractivity contribution in [3.8, 4) is 18.0 Å². The van der Waals surface area contributed by atoms with Gasteiger partial charge in [0.05, 0.1) is 28.3 Å². The molecule has 10 nitrogen and oxygen atoms in total. The van der Waals surface area contributed by atoms with Gasteiger partial charge in [0.2, 0.25) is 11.8 Å². The van der Waals surface area contributed by atoms with Gasteiger partial charge in [-0.3, -0.25) is 23.9 Å². The van der Waals surface area contributed by atoms with E-state index in [0.717, 1.165) is 16.5 Å². The molecule has 0 aromatic carbocycles. The van der Waals surface area contributed by atoms with Crippen LogP contribution in [0.1, 0.15) is 78.7 Å². The quantitative estimate of drug-likeness (QED) is 0.240. The lowest BCUT2D eigenvalue weighted by atomic mass is 9.80. The number of rotatable bonds is 12. The predicted molar refractivity (Wildman–Crippen MR) is 174 cm³/mol.